The minimum Gasteiger partial charge on any atom is -0.456 e. The molecule has 0 amide bonds. The van der Waals surface area contributed by atoms with E-state index in [1.165, 1.54) is 70.4 Å². The van der Waals surface area contributed by atoms with E-state index in [9.17, 15) is 0 Å². The van der Waals surface area contributed by atoms with Gasteiger partial charge in [0.05, 0.1) is 16.6 Å². The first-order valence-corrected chi connectivity index (χ1v) is 17.5. The van der Waals surface area contributed by atoms with E-state index in [0.717, 1.165) is 39.0 Å². The number of hydrogen-bond acceptors (Lipinski definition) is 2. The Hall–Kier alpha value is -6.84. The van der Waals surface area contributed by atoms with Gasteiger partial charge in [-0.3, -0.25) is 0 Å². The van der Waals surface area contributed by atoms with Crippen LogP contribution in [0.2, 0.25) is 0 Å². The van der Waals surface area contributed by atoms with E-state index in [1.54, 1.807) is 0 Å². The van der Waals surface area contributed by atoms with Gasteiger partial charge in [-0.1, -0.05) is 109 Å². The number of anilines is 3. The molecular weight excluding hydrogens is 621 g/mol. The van der Waals surface area contributed by atoms with E-state index in [4.69, 9.17) is 4.42 Å². The van der Waals surface area contributed by atoms with Crippen molar-refractivity contribution in [2.24, 2.45) is 0 Å². The van der Waals surface area contributed by atoms with Crippen LogP contribution in [0.5, 0.6) is 0 Å². The van der Waals surface area contributed by atoms with Gasteiger partial charge in [0.2, 0.25) is 0 Å². The third-order valence-corrected chi connectivity index (χ3v) is 11.1. The fourth-order valence-corrected chi connectivity index (χ4v) is 8.90. The molecule has 12 rings (SSSR count). The molecule has 0 unspecified atom stereocenters. The monoisotopic (exact) mass is 648 g/mol. The maximum absolute atomic E-state index is 6.30. The smallest absolute Gasteiger partial charge is 0.135 e. The molecule has 0 N–H and O–H groups in total. The first-order valence-electron chi connectivity index (χ1n) is 17.5. The van der Waals surface area contributed by atoms with Gasteiger partial charge in [-0.15, -0.1) is 0 Å². The maximum Gasteiger partial charge on any atom is 0.135 e. The number of hydrogen-bond donors (Lipinski definition) is 0. The van der Waals surface area contributed by atoms with Crippen LogP contribution in [-0.4, -0.2) is 4.40 Å². The van der Waals surface area contributed by atoms with Crippen LogP contribution in [0.25, 0.3) is 92.4 Å². The number of rotatable bonds is 3. The first-order chi connectivity index (χ1) is 25.3. The lowest BCUT2D eigenvalue weighted by Crippen LogP contribution is -2.10. The van der Waals surface area contributed by atoms with Crippen LogP contribution in [0.3, 0.4) is 0 Å². The van der Waals surface area contributed by atoms with Crippen molar-refractivity contribution in [2.45, 2.75) is 0 Å². The Morgan fingerprint density at radius 3 is 1.37 bits per heavy atom. The van der Waals surface area contributed by atoms with Crippen LogP contribution in [0.15, 0.2) is 174 Å². The Balaban J connectivity index is 1.21. The summed E-state index contributed by atoms with van der Waals surface area (Å²) in [5.41, 5.74) is 8.84. The van der Waals surface area contributed by atoms with Gasteiger partial charge < -0.3 is 13.7 Å². The summed E-state index contributed by atoms with van der Waals surface area (Å²) in [7, 11) is 0. The summed E-state index contributed by atoms with van der Waals surface area (Å²) in [5, 5.41) is 14.9. The maximum atomic E-state index is 6.30. The highest BCUT2D eigenvalue weighted by atomic mass is 16.3. The number of benzene rings is 9. The molecule has 9 aromatic carbocycles. The topological polar surface area (TPSA) is 20.8 Å². The molecular formula is C48H28N2O. The highest BCUT2D eigenvalue weighted by Crippen LogP contribution is 2.46. The second kappa shape index (κ2) is 9.87. The summed E-state index contributed by atoms with van der Waals surface area (Å²) in [4.78, 5) is 2.44. The van der Waals surface area contributed by atoms with Crippen LogP contribution < -0.4 is 4.90 Å². The Labute approximate surface area is 292 Å². The molecule has 0 fully saturated rings. The highest BCUT2D eigenvalue weighted by molar-refractivity contribution is 6.27. The molecule has 0 aliphatic carbocycles. The average Bonchev–Trinajstić information content (AvgIpc) is 3.85. The van der Waals surface area contributed by atoms with Gasteiger partial charge in [-0.2, -0.15) is 0 Å². The van der Waals surface area contributed by atoms with E-state index in [0.29, 0.717) is 0 Å². The molecule has 0 atom stereocenters. The predicted molar refractivity (Wildman–Crippen MR) is 216 cm³/mol. The van der Waals surface area contributed by atoms with Gasteiger partial charge >= 0.3 is 0 Å². The fourth-order valence-electron chi connectivity index (χ4n) is 8.90. The van der Waals surface area contributed by atoms with Gasteiger partial charge in [-0.25, -0.2) is 0 Å². The van der Waals surface area contributed by atoms with Crippen molar-refractivity contribution in [2.75, 3.05) is 4.90 Å². The summed E-state index contributed by atoms with van der Waals surface area (Å²) in [6.45, 7) is 0. The Morgan fingerprint density at radius 1 is 0.314 bits per heavy atom. The van der Waals surface area contributed by atoms with Crippen molar-refractivity contribution in [3.8, 4) is 0 Å². The molecule has 3 nitrogen and oxygen atoms in total. The summed E-state index contributed by atoms with van der Waals surface area (Å²) < 4.78 is 8.75. The lowest BCUT2D eigenvalue weighted by molar-refractivity contribution is 0.669. The number of para-hydroxylation sites is 3. The second-order valence-corrected chi connectivity index (χ2v) is 13.7. The zero-order valence-electron chi connectivity index (χ0n) is 27.5. The molecule has 3 heterocycles. The van der Waals surface area contributed by atoms with Gasteiger partial charge in [0.1, 0.15) is 11.2 Å². The van der Waals surface area contributed by atoms with Gasteiger partial charge in [0.25, 0.3) is 0 Å². The van der Waals surface area contributed by atoms with E-state index < -0.39 is 0 Å². The van der Waals surface area contributed by atoms with Gasteiger partial charge in [-0.05, 0) is 93.0 Å². The molecule has 51 heavy (non-hydrogen) atoms. The quantitative estimate of drug-likeness (QED) is 0.178. The Bertz CT molecular complexity index is 3270. The number of aromatic nitrogens is 1. The normalized spacial score (nSPS) is 12.3. The predicted octanol–water partition coefficient (Wildman–Crippen LogP) is 13.7. The number of nitrogens with zero attached hydrogens (tertiary/aromatic N) is 2. The third kappa shape index (κ3) is 3.62. The zero-order chi connectivity index (χ0) is 33.2. The number of furan rings is 1. The molecule has 0 saturated heterocycles. The van der Waals surface area contributed by atoms with Crippen molar-refractivity contribution in [1.29, 1.82) is 0 Å². The Kier molecular flexibility index (Phi) is 5.23. The SMILES string of the molecule is c1ccc2c(c1)oc1ccc(N(c3ccc4c5ccccc5c5ccccc5c4c3)c3cc4c5ccccc5n5c6ccccc6c(c3)c45)cc12. The van der Waals surface area contributed by atoms with E-state index in [2.05, 4.69) is 173 Å². The van der Waals surface area contributed by atoms with E-state index in [-0.39, 0.29) is 0 Å². The molecule has 0 bridgehead atoms. The molecule has 0 saturated carbocycles. The van der Waals surface area contributed by atoms with Crippen LogP contribution in [0, 0.1) is 0 Å². The van der Waals surface area contributed by atoms with Crippen LogP contribution >= 0.6 is 0 Å². The molecule has 3 heteroatoms. The average molecular weight is 649 g/mol. The molecule has 0 aliphatic heterocycles. The summed E-state index contributed by atoms with van der Waals surface area (Å²) in [6.07, 6.45) is 0. The fraction of sp³-hybridized carbons (Fsp3) is 0. The molecule has 12 aromatic rings. The first kappa shape index (κ1) is 27.0. The molecule has 0 spiro atoms. The lowest BCUT2D eigenvalue weighted by Gasteiger charge is -2.27. The minimum atomic E-state index is 0.891. The molecule has 3 aromatic heterocycles. The van der Waals surface area contributed by atoms with Crippen LogP contribution in [-0.2, 0) is 0 Å². The van der Waals surface area contributed by atoms with Crippen molar-refractivity contribution in [3.63, 3.8) is 0 Å². The largest absolute Gasteiger partial charge is 0.456 e. The summed E-state index contributed by atoms with van der Waals surface area (Å²) in [6, 6.07) is 61.9. The second-order valence-electron chi connectivity index (χ2n) is 13.7. The van der Waals surface area contributed by atoms with Crippen molar-refractivity contribution in [3.05, 3.63) is 170 Å². The van der Waals surface area contributed by atoms with Crippen molar-refractivity contribution in [1.82, 2.24) is 4.40 Å². The molecule has 0 aliphatic rings. The van der Waals surface area contributed by atoms with Gasteiger partial charge in [0.15, 0.2) is 0 Å². The number of fused-ring (bicyclic) bond motifs is 15. The van der Waals surface area contributed by atoms with Crippen LogP contribution in [0.1, 0.15) is 0 Å². The third-order valence-electron chi connectivity index (χ3n) is 11.1. The minimum absolute atomic E-state index is 0.891. The standard InChI is InChI=1S/C48H28N2O/c1-2-13-34-32(11-1)33-12-3-4-14-35(33)40-25-29(21-23-36(34)40)49(30-22-24-47-41(26-30)39-17-7-10-20-46(39)51-47)31-27-42-37-15-5-8-18-44(37)50-45-19-9-6-16-38(45)43(28-31)48(42)50/h1-28H. The molecule has 236 valence electrons. The van der Waals surface area contributed by atoms with Gasteiger partial charge in [0, 0.05) is 49.4 Å². The zero-order valence-corrected chi connectivity index (χ0v) is 27.5. The highest BCUT2D eigenvalue weighted by Gasteiger charge is 2.23. The lowest BCUT2D eigenvalue weighted by atomic mass is 9.94. The van der Waals surface area contributed by atoms with Crippen molar-refractivity contribution >= 4 is 109 Å². The summed E-state index contributed by atoms with van der Waals surface area (Å²) >= 11 is 0. The van der Waals surface area contributed by atoms with Crippen molar-refractivity contribution < 1.29 is 4.42 Å². The van der Waals surface area contributed by atoms with E-state index in [1.807, 2.05) is 6.07 Å². The Morgan fingerprint density at radius 2 is 0.745 bits per heavy atom. The van der Waals surface area contributed by atoms with E-state index >= 15 is 0 Å². The molecule has 0 radical (unpaired) electrons. The van der Waals surface area contributed by atoms with Crippen LogP contribution in [0.4, 0.5) is 17.1 Å². The summed E-state index contributed by atoms with van der Waals surface area (Å²) in [5.74, 6) is 0.